The van der Waals surface area contributed by atoms with E-state index < -0.39 is 0 Å². The molecule has 6 heteroatoms. The van der Waals surface area contributed by atoms with E-state index in [1.807, 2.05) is 79.7 Å². The lowest BCUT2D eigenvalue weighted by Crippen LogP contribution is -2.03. The van der Waals surface area contributed by atoms with Gasteiger partial charge in [-0.3, -0.25) is 0 Å². The molecule has 4 rings (SSSR count). The topological polar surface area (TPSA) is 83.0 Å². The molecule has 36 heavy (non-hydrogen) atoms. The van der Waals surface area contributed by atoms with E-state index in [0.717, 1.165) is 22.5 Å². The van der Waals surface area contributed by atoms with Crippen molar-refractivity contribution in [2.24, 2.45) is 0 Å². The van der Waals surface area contributed by atoms with E-state index in [-0.39, 0.29) is 11.5 Å². The summed E-state index contributed by atoms with van der Waals surface area (Å²) in [5, 5.41) is 26.4. The Morgan fingerprint density at radius 2 is 1.58 bits per heavy atom. The molecule has 0 aliphatic heterocycles. The van der Waals surface area contributed by atoms with Crippen molar-refractivity contribution in [3.8, 4) is 23.0 Å². The zero-order valence-electron chi connectivity index (χ0n) is 20.2. The predicted molar refractivity (Wildman–Crippen MR) is 145 cm³/mol. The van der Waals surface area contributed by atoms with E-state index in [4.69, 9.17) is 9.47 Å². The molecule has 0 fully saturated rings. The van der Waals surface area contributed by atoms with Crippen molar-refractivity contribution in [1.29, 1.82) is 0 Å². The minimum atomic E-state index is 0.0425. The highest BCUT2D eigenvalue weighted by Gasteiger charge is 2.09. The van der Waals surface area contributed by atoms with Gasteiger partial charge in [-0.2, -0.15) is 0 Å². The normalized spacial score (nSPS) is 10.5. The molecule has 0 amide bonds. The first-order valence-electron chi connectivity index (χ1n) is 11.8. The van der Waals surface area contributed by atoms with Crippen LogP contribution in [0.5, 0.6) is 23.0 Å². The summed E-state index contributed by atoms with van der Waals surface area (Å²) in [6.45, 7) is 7.56. The Morgan fingerprint density at radius 3 is 2.39 bits per heavy atom. The third-order valence-corrected chi connectivity index (χ3v) is 5.50. The highest BCUT2D eigenvalue weighted by Crippen LogP contribution is 2.31. The minimum Gasteiger partial charge on any atom is -0.508 e. The van der Waals surface area contributed by atoms with Gasteiger partial charge in [-0.25, -0.2) is 0 Å². The van der Waals surface area contributed by atoms with Crippen molar-refractivity contribution in [3.63, 3.8) is 0 Å². The molecule has 4 N–H and O–H groups in total. The van der Waals surface area contributed by atoms with Crippen molar-refractivity contribution in [2.75, 3.05) is 17.2 Å². The predicted octanol–water partition coefficient (Wildman–Crippen LogP) is 6.77. The average Bonchev–Trinajstić information content (AvgIpc) is 2.89. The summed E-state index contributed by atoms with van der Waals surface area (Å²) in [5.41, 5.74) is 4.78. The van der Waals surface area contributed by atoms with Crippen LogP contribution >= 0.6 is 0 Å². The Hall–Kier alpha value is -4.58. The minimum absolute atomic E-state index is 0.0425. The van der Waals surface area contributed by atoms with Crippen LogP contribution in [0, 0.1) is 0 Å². The first-order valence-corrected chi connectivity index (χ1v) is 11.8. The van der Waals surface area contributed by atoms with Gasteiger partial charge in [0, 0.05) is 29.2 Å². The molecule has 0 atom stereocenters. The Bertz CT molecular complexity index is 1320. The lowest BCUT2D eigenvalue weighted by atomic mass is 10.1. The van der Waals surface area contributed by atoms with Crippen LogP contribution in [0.1, 0.15) is 23.6 Å². The molecule has 0 aliphatic carbocycles. The van der Waals surface area contributed by atoms with Crippen LogP contribution in [-0.2, 0) is 13.2 Å². The molecule has 0 aliphatic rings. The summed E-state index contributed by atoms with van der Waals surface area (Å²) >= 11 is 0. The van der Waals surface area contributed by atoms with Crippen LogP contribution in [0.15, 0.2) is 97.6 Å². The quantitative estimate of drug-likeness (QED) is 0.177. The Morgan fingerprint density at radius 1 is 0.778 bits per heavy atom. The summed E-state index contributed by atoms with van der Waals surface area (Å²) in [6, 6.07) is 28.1. The van der Waals surface area contributed by atoms with Crippen molar-refractivity contribution < 1.29 is 19.7 Å². The average molecular weight is 483 g/mol. The van der Waals surface area contributed by atoms with Crippen LogP contribution in [0.25, 0.3) is 5.70 Å². The zero-order chi connectivity index (χ0) is 25.3. The molecule has 0 unspecified atom stereocenters. The molecule has 0 bridgehead atoms. The lowest BCUT2D eigenvalue weighted by molar-refractivity contribution is 0.269. The van der Waals surface area contributed by atoms with Crippen LogP contribution in [0.2, 0.25) is 0 Å². The smallest absolute Gasteiger partial charge is 0.161 e. The standard InChI is InChI=1S/C30H30N2O4/c1-3-35-30-16-23(12-15-29(30)36-20-22-8-5-4-6-9-22)19-31-24-10-7-11-25(17-24)32-21(2)27-18-26(33)13-14-28(27)34/h4-18,31-34H,2-3,19-20H2,1H3. The van der Waals surface area contributed by atoms with E-state index >= 15 is 0 Å². The van der Waals surface area contributed by atoms with Gasteiger partial charge in [-0.1, -0.05) is 49.0 Å². The number of hydrogen-bond donors (Lipinski definition) is 4. The first kappa shape index (κ1) is 24.5. The SMILES string of the molecule is C=C(Nc1cccc(NCc2ccc(OCc3ccccc3)c(OCC)c2)c1)c1cc(O)ccc1O. The van der Waals surface area contributed by atoms with Crippen molar-refractivity contribution in [1.82, 2.24) is 0 Å². The van der Waals surface area contributed by atoms with Gasteiger partial charge in [0.2, 0.25) is 0 Å². The number of aromatic hydroxyl groups is 2. The van der Waals surface area contributed by atoms with Gasteiger partial charge in [0.15, 0.2) is 11.5 Å². The summed E-state index contributed by atoms with van der Waals surface area (Å²) in [5.74, 6) is 1.53. The van der Waals surface area contributed by atoms with Crippen LogP contribution in [-0.4, -0.2) is 16.8 Å². The summed E-state index contributed by atoms with van der Waals surface area (Å²) in [7, 11) is 0. The Balaban J connectivity index is 1.40. The maximum atomic E-state index is 10.1. The number of nitrogens with one attached hydrogen (secondary N) is 2. The van der Waals surface area contributed by atoms with Gasteiger partial charge in [-0.15, -0.1) is 0 Å². The van der Waals surface area contributed by atoms with Crippen molar-refractivity contribution in [3.05, 3.63) is 114 Å². The Kier molecular flexibility index (Phi) is 7.98. The van der Waals surface area contributed by atoms with Gasteiger partial charge in [0.05, 0.1) is 6.61 Å². The number of phenols is 2. The molecule has 4 aromatic carbocycles. The van der Waals surface area contributed by atoms with E-state index in [1.54, 1.807) is 0 Å². The summed E-state index contributed by atoms with van der Waals surface area (Å²) < 4.78 is 11.8. The molecule has 0 spiro atoms. The number of ether oxygens (including phenoxy) is 2. The van der Waals surface area contributed by atoms with Gasteiger partial charge in [-0.05, 0) is 66.6 Å². The highest BCUT2D eigenvalue weighted by molar-refractivity contribution is 5.79. The van der Waals surface area contributed by atoms with Gasteiger partial charge in [0.25, 0.3) is 0 Å². The summed E-state index contributed by atoms with van der Waals surface area (Å²) in [6.07, 6.45) is 0. The maximum Gasteiger partial charge on any atom is 0.161 e. The number of anilines is 2. The molecule has 184 valence electrons. The van der Waals surface area contributed by atoms with E-state index in [1.165, 1.54) is 18.2 Å². The highest BCUT2D eigenvalue weighted by atomic mass is 16.5. The third-order valence-electron chi connectivity index (χ3n) is 5.50. The number of phenolic OH excluding ortho intramolecular Hbond substituents is 2. The molecule has 6 nitrogen and oxygen atoms in total. The van der Waals surface area contributed by atoms with Gasteiger partial charge in [0.1, 0.15) is 18.1 Å². The molecular formula is C30H30N2O4. The monoisotopic (exact) mass is 482 g/mol. The second-order valence-corrected chi connectivity index (χ2v) is 8.23. The van der Waals surface area contributed by atoms with Gasteiger partial charge < -0.3 is 30.3 Å². The number of rotatable bonds is 11. The fraction of sp³-hybridized carbons (Fsp3) is 0.133. The molecule has 0 aromatic heterocycles. The van der Waals surface area contributed by atoms with Crippen LogP contribution < -0.4 is 20.1 Å². The second kappa shape index (κ2) is 11.7. The lowest BCUT2D eigenvalue weighted by Gasteiger charge is -2.15. The number of benzene rings is 4. The first-order chi connectivity index (χ1) is 17.5. The molecule has 0 saturated carbocycles. The molecule has 0 saturated heterocycles. The zero-order valence-corrected chi connectivity index (χ0v) is 20.2. The largest absolute Gasteiger partial charge is 0.508 e. The van der Waals surface area contributed by atoms with E-state index in [0.29, 0.717) is 42.5 Å². The molecule has 0 heterocycles. The third kappa shape index (κ3) is 6.51. The molecule has 0 radical (unpaired) electrons. The maximum absolute atomic E-state index is 10.1. The van der Waals surface area contributed by atoms with Crippen molar-refractivity contribution in [2.45, 2.75) is 20.1 Å². The fourth-order valence-corrected chi connectivity index (χ4v) is 3.70. The van der Waals surface area contributed by atoms with Crippen molar-refractivity contribution >= 4 is 17.1 Å². The van der Waals surface area contributed by atoms with Crippen LogP contribution in [0.3, 0.4) is 0 Å². The van der Waals surface area contributed by atoms with E-state index in [2.05, 4.69) is 17.2 Å². The van der Waals surface area contributed by atoms with E-state index in [9.17, 15) is 10.2 Å². The number of hydrogen-bond acceptors (Lipinski definition) is 6. The Labute approximate surface area is 211 Å². The molecular weight excluding hydrogens is 452 g/mol. The van der Waals surface area contributed by atoms with Gasteiger partial charge >= 0.3 is 0 Å². The molecule has 4 aromatic rings. The van der Waals surface area contributed by atoms with Crippen LogP contribution in [0.4, 0.5) is 11.4 Å². The summed E-state index contributed by atoms with van der Waals surface area (Å²) in [4.78, 5) is 0. The fourth-order valence-electron chi connectivity index (χ4n) is 3.70. The second-order valence-electron chi connectivity index (χ2n) is 8.23.